The van der Waals surface area contributed by atoms with Crippen molar-refractivity contribution in [3.63, 3.8) is 0 Å². The Morgan fingerprint density at radius 3 is 2.94 bits per heavy atom. The van der Waals surface area contributed by atoms with Gasteiger partial charge in [0.15, 0.2) is 0 Å². The predicted octanol–water partition coefficient (Wildman–Crippen LogP) is 3.70. The molecular formula is C25H28N6O. The molecule has 32 heavy (non-hydrogen) atoms. The molecule has 1 saturated carbocycles. The van der Waals surface area contributed by atoms with E-state index >= 15 is 0 Å². The van der Waals surface area contributed by atoms with Crippen LogP contribution in [0.1, 0.15) is 48.0 Å². The first-order valence-electron chi connectivity index (χ1n) is 11.6. The van der Waals surface area contributed by atoms with Crippen LogP contribution in [0.2, 0.25) is 0 Å². The summed E-state index contributed by atoms with van der Waals surface area (Å²) in [4.78, 5) is 27.9. The van der Waals surface area contributed by atoms with Crippen molar-refractivity contribution in [3.8, 4) is 0 Å². The zero-order valence-electron chi connectivity index (χ0n) is 18.1. The third kappa shape index (κ3) is 3.37. The maximum absolute atomic E-state index is 13.4. The van der Waals surface area contributed by atoms with Crippen LogP contribution < -0.4 is 10.6 Å². The highest BCUT2D eigenvalue weighted by Gasteiger charge is 2.46. The van der Waals surface area contributed by atoms with Crippen molar-refractivity contribution in [2.45, 2.75) is 50.2 Å². The van der Waals surface area contributed by atoms with Gasteiger partial charge in [0.1, 0.15) is 5.84 Å². The summed E-state index contributed by atoms with van der Waals surface area (Å²) >= 11 is 0. The van der Waals surface area contributed by atoms with E-state index in [9.17, 15) is 4.79 Å². The van der Waals surface area contributed by atoms with Crippen LogP contribution in [-0.2, 0) is 6.54 Å². The monoisotopic (exact) mass is 428 g/mol. The second-order valence-electron chi connectivity index (χ2n) is 9.24. The lowest BCUT2D eigenvalue weighted by atomic mass is 9.96. The van der Waals surface area contributed by atoms with Crippen molar-refractivity contribution >= 4 is 28.5 Å². The lowest BCUT2D eigenvalue weighted by Crippen LogP contribution is -2.55. The zero-order valence-corrected chi connectivity index (χ0v) is 18.1. The summed E-state index contributed by atoms with van der Waals surface area (Å²) in [6, 6.07) is 14.5. The minimum atomic E-state index is -0.352. The minimum absolute atomic E-state index is 0.0575. The first kappa shape index (κ1) is 19.5. The highest BCUT2D eigenvalue weighted by Crippen LogP contribution is 2.32. The Hall–Kier alpha value is -3.19. The number of amides is 1. The van der Waals surface area contributed by atoms with Crippen LogP contribution in [0.4, 0.5) is 5.69 Å². The second kappa shape index (κ2) is 7.74. The molecule has 164 valence electrons. The Morgan fingerprint density at radius 2 is 2.03 bits per heavy atom. The maximum atomic E-state index is 13.4. The van der Waals surface area contributed by atoms with Crippen LogP contribution in [0.3, 0.4) is 0 Å². The number of carbonyl (C=O) groups is 1. The van der Waals surface area contributed by atoms with Gasteiger partial charge in [0.25, 0.3) is 5.91 Å². The van der Waals surface area contributed by atoms with Crippen molar-refractivity contribution in [2.75, 3.05) is 18.4 Å². The Balaban J connectivity index is 1.31. The van der Waals surface area contributed by atoms with Crippen LogP contribution in [0.15, 0.2) is 53.8 Å². The average Bonchev–Trinajstić information content (AvgIpc) is 3.56. The van der Waals surface area contributed by atoms with Gasteiger partial charge >= 0.3 is 0 Å². The van der Waals surface area contributed by atoms with E-state index in [0.717, 1.165) is 48.4 Å². The molecule has 1 aliphatic carbocycles. The van der Waals surface area contributed by atoms with Gasteiger partial charge in [-0.05, 0) is 49.1 Å². The molecule has 3 aromatic rings. The molecule has 2 aromatic carbocycles. The van der Waals surface area contributed by atoms with Gasteiger partial charge in [-0.25, -0.2) is 4.98 Å². The number of aromatic amines is 1. The molecule has 0 unspecified atom stereocenters. The van der Waals surface area contributed by atoms with E-state index in [-0.39, 0.29) is 11.4 Å². The van der Waals surface area contributed by atoms with E-state index in [2.05, 4.69) is 44.9 Å². The molecule has 7 heteroatoms. The van der Waals surface area contributed by atoms with Gasteiger partial charge in [0.05, 0.1) is 28.9 Å². The summed E-state index contributed by atoms with van der Waals surface area (Å²) in [5.74, 6) is 1.05. The van der Waals surface area contributed by atoms with Crippen LogP contribution in [0.5, 0.6) is 0 Å². The standard InChI is InChI=1S/C25H28N6O/c32-23(17-9-10-21-22(13-17)27-16-26-21)31-12-11-25(15-31)24(29-19-6-2-3-7-19)30-20-8-4-1-5-18(20)14-28-25/h1,4-5,8-10,13,16,19,28H,2-3,6-7,11-12,14-15H2,(H,26,27)(H,29,30)/t25-/m0/s1. The van der Waals surface area contributed by atoms with E-state index in [4.69, 9.17) is 4.99 Å². The second-order valence-corrected chi connectivity index (χ2v) is 9.24. The third-order valence-electron chi connectivity index (χ3n) is 7.20. The van der Waals surface area contributed by atoms with Gasteiger partial charge in [-0.2, -0.15) is 0 Å². The van der Waals surface area contributed by atoms with Crippen molar-refractivity contribution in [2.24, 2.45) is 4.99 Å². The molecule has 1 amide bonds. The topological polar surface area (TPSA) is 85.4 Å². The van der Waals surface area contributed by atoms with Crippen molar-refractivity contribution < 1.29 is 4.79 Å². The Kier molecular flexibility index (Phi) is 4.72. The Labute approximate surface area is 187 Å². The maximum Gasteiger partial charge on any atom is 0.254 e. The van der Waals surface area contributed by atoms with E-state index in [0.29, 0.717) is 24.7 Å². The van der Waals surface area contributed by atoms with Crippen molar-refractivity contribution in [1.29, 1.82) is 0 Å². The number of rotatable bonds is 2. The largest absolute Gasteiger partial charge is 0.345 e. The molecule has 0 bridgehead atoms. The Bertz CT molecular complexity index is 1190. The number of imidazole rings is 1. The highest BCUT2D eigenvalue weighted by atomic mass is 16.2. The lowest BCUT2D eigenvalue weighted by molar-refractivity contribution is 0.0786. The molecular weight excluding hydrogens is 400 g/mol. The van der Waals surface area contributed by atoms with E-state index < -0.39 is 0 Å². The van der Waals surface area contributed by atoms with E-state index in [1.807, 2.05) is 23.1 Å². The van der Waals surface area contributed by atoms with Gasteiger partial charge in [0, 0.05) is 30.9 Å². The fourth-order valence-corrected chi connectivity index (χ4v) is 5.34. The van der Waals surface area contributed by atoms with Gasteiger partial charge in [-0.3, -0.25) is 15.1 Å². The molecule has 0 radical (unpaired) electrons. The van der Waals surface area contributed by atoms with Crippen LogP contribution in [0, 0.1) is 0 Å². The van der Waals surface area contributed by atoms with Crippen molar-refractivity contribution in [3.05, 3.63) is 59.9 Å². The molecule has 3 heterocycles. The summed E-state index contributed by atoms with van der Waals surface area (Å²) < 4.78 is 0. The van der Waals surface area contributed by atoms with Crippen LogP contribution in [-0.4, -0.2) is 51.3 Å². The number of hydrogen-bond acceptors (Lipinski definition) is 4. The fourth-order valence-electron chi connectivity index (χ4n) is 5.34. The van der Waals surface area contributed by atoms with Crippen LogP contribution >= 0.6 is 0 Å². The van der Waals surface area contributed by atoms with Gasteiger partial charge in [-0.1, -0.05) is 31.0 Å². The third-order valence-corrected chi connectivity index (χ3v) is 7.20. The van der Waals surface area contributed by atoms with E-state index in [1.165, 1.54) is 18.4 Å². The molecule has 3 aliphatic rings. The fraction of sp³-hybridized carbons (Fsp3) is 0.400. The van der Waals surface area contributed by atoms with Gasteiger partial charge < -0.3 is 15.2 Å². The molecule has 1 saturated heterocycles. The molecule has 1 aromatic heterocycles. The summed E-state index contributed by atoms with van der Waals surface area (Å²) in [7, 11) is 0. The number of para-hydroxylation sites is 1. The van der Waals surface area contributed by atoms with Gasteiger partial charge in [-0.15, -0.1) is 0 Å². The number of benzene rings is 2. The number of nitrogens with one attached hydrogen (secondary N) is 3. The zero-order chi connectivity index (χ0) is 21.5. The molecule has 3 N–H and O–H groups in total. The normalized spacial score (nSPS) is 24.8. The van der Waals surface area contributed by atoms with Crippen molar-refractivity contribution in [1.82, 2.24) is 20.2 Å². The number of H-pyrrole nitrogens is 1. The summed E-state index contributed by atoms with van der Waals surface area (Å²) in [6.45, 7) is 2.07. The molecule has 2 aliphatic heterocycles. The number of nitrogens with zero attached hydrogens (tertiary/aromatic N) is 3. The first-order chi connectivity index (χ1) is 15.7. The molecule has 1 atom stereocenters. The smallest absolute Gasteiger partial charge is 0.254 e. The average molecular weight is 429 g/mol. The number of aliphatic imine (C=N–C) groups is 1. The first-order valence-corrected chi connectivity index (χ1v) is 11.6. The number of carbonyl (C=O) groups excluding carboxylic acids is 1. The number of hydrogen-bond donors (Lipinski definition) is 3. The molecule has 6 rings (SSSR count). The number of amidine groups is 1. The predicted molar refractivity (Wildman–Crippen MR) is 126 cm³/mol. The number of likely N-dealkylation sites (tertiary alicyclic amines) is 1. The lowest BCUT2D eigenvalue weighted by Gasteiger charge is -2.31. The minimum Gasteiger partial charge on any atom is -0.345 e. The highest BCUT2D eigenvalue weighted by molar-refractivity contribution is 6.05. The van der Waals surface area contributed by atoms with Crippen LogP contribution in [0.25, 0.3) is 11.0 Å². The van der Waals surface area contributed by atoms with E-state index in [1.54, 1.807) is 6.33 Å². The number of anilines is 1. The van der Waals surface area contributed by atoms with Gasteiger partial charge in [0.2, 0.25) is 0 Å². The Morgan fingerprint density at radius 1 is 1.16 bits per heavy atom. The molecule has 1 spiro atoms. The summed E-state index contributed by atoms with van der Waals surface area (Å²) in [6.07, 6.45) is 7.30. The quantitative estimate of drug-likeness (QED) is 0.581. The molecule has 7 nitrogen and oxygen atoms in total. The number of aromatic nitrogens is 2. The SMILES string of the molecule is O=C(c1ccc2nc[nH]c2c1)N1CC[C@@]2(C1)NCc1ccccc1NC2=NC1CCCC1. The summed E-state index contributed by atoms with van der Waals surface area (Å²) in [5.41, 5.74) is 4.45. The summed E-state index contributed by atoms with van der Waals surface area (Å²) in [5, 5.41) is 7.47. The number of fused-ring (bicyclic) bond motifs is 2. The molecule has 2 fully saturated rings.